The van der Waals surface area contributed by atoms with Crippen LogP contribution in [0.1, 0.15) is 11.6 Å². The highest BCUT2D eigenvalue weighted by molar-refractivity contribution is 5.81. The lowest BCUT2D eigenvalue weighted by Gasteiger charge is -2.11. The molecule has 0 unspecified atom stereocenters. The fraction of sp³-hybridized carbons (Fsp3) is 0.222. The Labute approximate surface area is 71.6 Å². The van der Waals surface area contributed by atoms with Crippen molar-refractivity contribution < 1.29 is 4.79 Å². The van der Waals surface area contributed by atoms with E-state index in [0.29, 0.717) is 0 Å². The van der Waals surface area contributed by atoms with Gasteiger partial charge in [0.1, 0.15) is 6.04 Å². The Morgan fingerprint density at radius 1 is 1.42 bits per heavy atom. The van der Waals surface area contributed by atoms with Gasteiger partial charge in [-0.15, -0.1) is 0 Å². The van der Waals surface area contributed by atoms with E-state index in [1.807, 2.05) is 30.3 Å². The number of likely N-dealkylation sites (N-methyl/N-ethyl adjacent to an activating group) is 1. The first-order valence-corrected chi connectivity index (χ1v) is 3.77. The standard InChI is InChI=1S/C9H12N2O/c1-11-8(9(10)12)7-5-3-2-4-6-7/h2-6,8,11H,1H3,(H2,10,12)/t8-/m1/s1. The molecule has 0 aliphatic carbocycles. The van der Waals surface area contributed by atoms with Crippen molar-refractivity contribution in [1.82, 2.24) is 5.32 Å². The third-order valence-electron chi connectivity index (χ3n) is 1.71. The van der Waals surface area contributed by atoms with Crippen molar-refractivity contribution in [3.8, 4) is 0 Å². The van der Waals surface area contributed by atoms with Crippen LogP contribution in [0.15, 0.2) is 30.3 Å². The normalized spacial score (nSPS) is 12.4. The van der Waals surface area contributed by atoms with Crippen LogP contribution in [0.5, 0.6) is 0 Å². The number of amides is 1. The lowest BCUT2D eigenvalue weighted by molar-refractivity contribution is -0.120. The quantitative estimate of drug-likeness (QED) is 0.680. The van der Waals surface area contributed by atoms with E-state index >= 15 is 0 Å². The first-order valence-electron chi connectivity index (χ1n) is 3.77. The summed E-state index contributed by atoms with van der Waals surface area (Å²) >= 11 is 0. The number of hydrogen-bond acceptors (Lipinski definition) is 2. The van der Waals surface area contributed by atoms with Crippen LogP contribution in [-0.4, -0.2) is 13.0 Å². The van der Waals surface area contributed by atoms with Gasteiger partial charge in [-0.25, -0.2) is 0 Å². The highest BCUT2D eigenvalue weighted by atomic mass is 16.1. The summed E-state index contributed by atoms with van der Waals surface area (Å²) in [6.45, 7) is 0. The first kappa shape index (κ1) is 8.74. The van der Waals surface area contributed by atoms with Gasteiger partial charge in [0.2, 0.25) is 5.91 Å². The lowest BCUT2D eigenvalue weighted by Crippen LogP contribution is -2.31. The van der Waals surface area contributed by atoms with Gasteiger partial charge >= 0.3 is 0 Å². The van der Waals surface area contributed by atoms with E-state index in [-0.39, 0.29) is 11.9 Å². The lowest BCUT2D eigenvalue weighted by atomic mass is 10.1. The molecular weight excluding hydrogens is 152 g/mol. The van der Waals surface area contributed by atoms with Gasteiger partial charge in [0.25, 0.3) is 0 Å². The first-order chi connectivity index (χ1) is 5.75. The molecule has 0 spiro atoms. The topological polar surface area (TPSA) is 55.1 Å². The van der Waals surface area contributed by atoms with E-state index in [0.717, 1.165) is 5.56 Å². The monoisotopic (exact) mass is 164 g/mol. The van der Waals surface area contributed by atoms with Gasteiger partial charge in [-0.1, -0.05) is 30.3 Å². The van der Waals surface area contributed by atoms with Gasteiger partial charge in [0.15, 0.2) is 0 Å². The second-order valence-electron chi connectivity index (χ2n) is 2.53. The fourth-order valence-electron chi connectivity index (χ4n) is 1.12. The van der Waals surface area contributed by atoms with E-state index in [9.17, 15) is 4.79 Å². The molecule has 3 nitrogen and oxygen atoms in total. The maximum Gasteiger partial charge on any atom is 0.239 e. The van der Waals surface area contributed by atoms with Crippen molar-refractivity contribution in [2.75, 3.05) is 7.05 Å². The molecule has 0 aliphatic heterocycles. The molecular formula is C9H12N2O. The molecule has 0 fully saturated rings. The Morgan fingerprint density at radius 2 is 2.00 bits per heavy atom. The highest BCUT2D eigenvalue weighted by Gasteiger charge is 2.13. The Kier molecular flexibility index (Phi) is 2.82. The van der Waals surface area contributed by atoms with Gasteiger partial charge in [-0.05, 0) is 12.6 Å². The molecule has 0 saturated carbocycles. The zero-order valence-corrected chi connectivity index (χ0v) is 6.95. The minimum absolute atomic E-state index is 0.358. The van der Waals surface area contributed by atoms with Crippen LogP contribution in [0.2, 0.25) is 0 Å². The molecule has 1 atom stereocenters. The number of rotatable bonds is 3. The van der Waals surface area contributed by atoms with E-state index < -0.39 is 0 Å². The van der Waals surface area contributed by atoms with Crippen molar-refractivity contribution in [3.63, 3.8) is 0 Å². The third kappa shape index (κ3) is 1.83. The molecule has 0 saturated heterocycles. The zero-order valence-electron chi connectivity index (χ0n) is 6.95. The summed E-state index contributed by atoms with van der Waals surface area (Å²) in [7, 11) is 1.71. The minimum atomic E-state index is -0.383. The van der Waals surface area contributed by atoms with Crippen LogP contribution in [0.3, 0.4) is 0 Å². The summed E-state index contributed by atoms with van der Waals surface area (Å²) in [5.41, 5.74) is 6.07. The number of carbonyl (C=O) groups excluding carboxylic acids is 1. The number of nitrogens with two attached hydrogens (primary N) is 1. The minimum Gasteiger partial charge on any atom is -0.368 e. The maximum atomic E-state index is 10.9. The van der Waals surface area contributed by atoms with Crippen molar-refractivity contribution in [3.05, 3.63) is 35.9 Å². The zero-order chi connectivity index (χ0) is 8.97. The van der Waals surface area contributed by atoms with E-state index in [2.05, 4.69) is 5.32 Å². The smallest absolute Gasteiger partial charge is 0.239 e. The molecule has 1 rings (SSSR count). The second-order valence-corrected chi connectivity index (χ2v) is 2.53. The molecule has 1 amide bonds. The predicted octanol–water partition coefficient (Wildman–Crippen LogP) is 0.432. The molecule has 0 aliphatic rings. The van der Waals surface area contributed by atoms with Crippen LogP contribution in [0.25, 0.3) is 0 Å². The number of carbonyl (C=O) groups is 1. The molecule has 1 aromatic carbocycles. The Bertz CT molecular complexity index is 258. The van der Waals surface area contributed by atoms with Crippen molar-refractivity contribution in [2.45, 2.75) is 6.04 Å². The van der Waals surface area contributed by atoms with Crippen LogP contribution in [0, 0.1) is 0 Å². The summed E-state index contributed by atoms with van der Waals surface area (Å²) in [5.74, 6) is -0.358. The third-order valence-corrected chi connectivity index (χ3v) is 1.71. The summed E-state index contributed by atoms with van der Waals surface area (Å²) < 4.78 is 0. The molecule has 0 heterocycles. The molecule has 12 heavy (non-hydrogen) atoms. The summed E-state index contributed by atoms with van der Waals surface area (Å²) in [6.07, 6.45) is 0. The molecule has 0 radical (unpaired) electrons. The predicted molar refractivity (Wildman–Crippen MR) is 47.4 cm³/mol. The molecule has 0 aromatic heterocycles. The fourth-order valence-corrected chi connectivity index (χ4v) is 1.12. The maximum absolute atomic E-state index is 10.9. The Balaban J connectivity index is 2.88. The summed E-state index contributed by atoms with van der Waals surface area (Å²) in [6, 6.07) is 9.01. The van der Waals surface area contributed by atoms with Crippen LogP contribution in [0.4, 0.5) is 0 Å². The van der Waals surface area contributed by atoms with Gasteiger partial charge in [-0.2, -0.15) is 0 Å². The average molecular weight is 164 g/mol. The van der Waals surface area contributed by atoms with Crippen molar-refractivity contribution in [1.29, 1.82) is 0 Å². The van der Waals surface area contributed by atoms with Crippen molar-refractivity contribution in [2.24, 2.45) is 5.73 Å². The van der Waals surface area contributed by atoms with E-state index in [4.69, 9.17) is 5.73 Å². The summed E-state index contributed by atoms with van der Waals surface area (Å²) in [5, 5.41) is 2.84. The molecule has 3 heteroatoms. The molecule has 64 valence electrons. The SMILES string of the molecule is CN[C@@H](C(N)=O)c1ccccc1. The van der Waals surface area contributed by atoms with Crippen LogP contribution in [-0.2, 0) is 4.79 Å². The molecule has 0 bridgehead atoms. The number of nitrogens with one attached hydrogen (secondary N) is 1. The molecule has 3 N–H and O–H groups in total. The Morgan fingerprint density at radius 3 is 2.42 bits per heavy atom. The van der Waals surface area contributed by atoms with Gasteiger partial charge in [-0.3, -0.25) is 4.79 Å². The number of primary amides is 1. The Hall–Kier alpha value is -1.35. The van der Waals surface area contributed by atoms with Crippen molar-refractivity contribution >= 4 is 5.91 Å². The van der Waals surface area contributed by atoms with Gasteiger partial charge in [0, 0.05) is 0 Å². The summed E-state index contributed by atoms with van der Waals surface area (Å²) in [4.78, 5) is 10.9. The molecule has 1 aromatic rings. The highest BCUT2D eigenvalue weighted by Crippen LogP contribution is 2.10. The van der Waals surface area contributed by atoms with E-state index in [1.165, 1.54) is 0 Å². The van der Waals surface area contributed by atoms with Crippen LogP contribution >= 0.6 is 0 Å². The van der Waals surface area contributed by atoms with Crippen LogP contribution < -0.4 is 11.1 Å². The average Bonchev–Trinajstić information content (AvgIpc) is 2.07. The largest absolute Gasteiger partial charge is 0.368 e. The van der Waals surface area contributed by atoms with Gasteiger partial charge < -0.3 is 11.1 Å². The number of hydrogen-bond donors (Lipinski definition) is 2. The number of benzene rings is 1. The van der Waals surface area contributed by atoms with E-state index in [1.54, 1.807) is 7.05 Å². The van der Waals surface area contributed by atoms with Gasteiger partial charge in [0.05, 0.1) is 0 Å². The second kappa shape index (κ2) is 3.88.